The van der Waals surface area contributed by atoms with Crippen LogP contribution in [0.5, 0.6) is 0 Å². The Morgan fingerprint density at radius 3 is 2.60 bits per heavy atom. The van der Waals surface area contributed by atoms with Gasteiger partial charge in [-0.2, -0.15) is 0 Å². The van der Waals surface area contributed by atoms with E-state index in [1.54, 1.807) is 0 Å². The van der Waals surface area contributed by atoms with E-state index in [4.69, 9.17) is 11.6 Å². The molecule has 0 amide bonds. The first-order valence-electron chi connectivity index (χ1n) is 3.64. The van der Waals surface area contributed by atoms with Crippen molar-refractivity contribution >= 4 is 11.6 Å². The quantitative estimate of drug-likeness (QED) is 0.504. The monoisotopic (exact) mass is 156 g/mol. The minimum absolute atomic E-state index is 0.683. The van der Waals surface area contributed by atoms with Crippen LogP contribution in [0.15, 0.2) is 22.3 Å². The Labute approximate surface area is 67.6 Å². The molecule has 0 aliphatic heterocycles. The van der Waals surface area contributed by atoms with E-state index in [0.29, 0.717) is 5.92 Å². The Balaban J connectivity index is 2.88. The SMILES string of the molecule is CC1=CC(Cl)=C(C)CC1C. The van der Waals surface area contributed by atoms with Crippen molar-refractivity contribution in [2.75, 3.05) is 0 Å². The molecule has 1 aliphatic rings. The van der Waals surface area contributed by atoms with Gasteiger partial charge in [-0.05, 0) is 32.3 Å². The van der Waals surface area contributed by atoms with Crippen molar-refractivity contribution in [3.63, 3.8) is 0 Å². The molecule has 1 aliphatic carbocycles. The lowest BCUT2D eigenvalue weighted by Crippen LogP contribution is -2.02. The fourth-order valence-electron chi connectivity index (χ4n) is 1.18. The summed E-state index contributed by atoms with van der Waals surface area (Å²) in [6.45, 7) is 6.47. The van der Waals surface area contributed by atoms with Gasteiger partial charge in [-0.25, -0.2) is 0 Å². The third-order valence-corrected chi connectivity index (χ3v) is 2.58. The lowest BCUT2D eigenvalue weighted by atomic mass is 9.90. The van der Waals surface area contributed by atoms with Crippen molar-refractivity contribution in [3.8, 4) is 0 Å². The first-order chi connectivity index (χ1) is 4.61. The minimum atomic E-state index is 0.683. The average molecular weight is 157 g/mol. The van der Waals surface area contributed by atoms with Crippen LogP contribution in [-0.4, -0.2) is 0 Å². The molecule has 0 fully saturated rings. The molecule has 56 valence electrons. The first kappa shape index (κ1) is 7.87. The van der Waals surface area contributed by atoms with Gasteiger partial charge in [0.05, 0.1) is 0 Å². The lowest BCUT2D eigenvalue weighted by molar-refractivity contribution is 0.660. The summed E-state index contributed by atoms with van der Waals surface area (Å²) in [5.41, 5.74) is 2.72. The summed E-state index contributed by atoms with van der Waals surface area (Å²) in [6.07, 6.45) is 3.20. The Morgan fingerprint density at radius 1 is 1.50 bits per heavy atom. The molecule has 0 saturated heterocycles. The van der Waals surface area contributed by atoms with Crippen LogP contribution in [0.2, 0.25) is 0 Å². The molecule has 0 aromatic carbocycles. The molecule has 0 aromatic heterocycles. The van der Waals surface area contributed by atoms with Gasteiger partial charge < -0.3 is 0 Å². The summed E-state index contributed by atoms with van der Waals surface area (Å²) in [7, 11) is 0. The zero-order chi connectivity index (χ0) is 7.72. The summed E-state index contributed by atoms with van der Waals surface area (Å²) < 4.78 is 0. The Kier molecular flexibility index (Phi) is 2.20. The van der Waals surface area contributed by atoms with Crippen molar-refractivity contribution in [3.05, 3.63) is 22.3 Å². The standard InChI is InChI=1S/C9H13Cl/c1-6-4-8(3)9(10)5-7(6)2/h5-6H,4H2,1-3H3. The normalized spacial score (nSPS) is 26.8. The number of allylic oxidation sites excluding steroid dienone is 4. The maximum atomic E-state index is 5.93. The minimum Gasteiger partial charge on any atom is -0.0844 e. The highest BCUT2D eigenvalue weighted by atomic mass is 35.5. The van der Waals surface area contributed by atoms with E-state index in [2.05, 4.69) is 26.8 Å². The molecule has 1 heteroatoms. The molecule has 0 nitrogen and oxygen atoms in total. The summed E-state index contributed by atoms with van der Waals surface area (Å²) in [6, 6.07) is 0. The molecular formula is C9H13Cl. The van der Waals surface area contributed by atoms with E-state index < -0.39 is 0 Å². The number of rotatable bonds is 0. The van der Waals surface area contributed by atoms with Crippen molar-refractivity contribution < 1.29 is 0 Å². The van der Waals surface area contributed by atoms with Crippen LogP contribution < -0.4 is 0 Å². The summed E-state index contributed by atoms with van der Waals surface area (Å²) in [5, 5.41) is 0.940. The summed E-state index contributed by atoms with van der Waals surface area (Å²) in [5.74, 6) is 0.683. The lowest BCUT2D eigenvalue weighted by Gasteiger charge is -2.18. The number of hydrogen-bond donors (Lipinski definition) is 0. The van der Waals surface area contributed by atoms with Gasteiger partial charge in [0, 0.05) is 5.03 Å². The van der Waals surface area contributed by atoms with Gasteiger partial charge in [-0.3, -0.25) is 0 Å². The second-order valence-corrected chi connectivity index (χ2v) is 3.53. The van der Waals surface area contributed by atoms with E-state index in [1.807, 2.05) is 0 Å². The molecule has 0 aromatic rings. The fraction of sp³-hybridized carbons (Fsp3) is 0.556. The highest BCUT2D eigenvalue weighted by Crippen LogP contribution is 2.29. The van der Waals surface area contributed by atoms with Gasteiger partial charge in [0.2, 0.25) is 0 Å². The van der Waals surface area contributed by atoms with E-state index >= 15 is 0 Å². The predicted octanol–water partition coefficient (Wildman–Crippen LogP) is 3.49. The van der Waals surface area contributed by atoms with E-state index in [1.165, 1.54) is 11.1 Å². The third-order valence-electron chi connectivity index (χ3n) is 2.15. The number of halogens is 1. The highest BCUT2D eigenvalue weighted by molar-refractivity contribution is 6.31. The fourth-order valence-corrected chi connectivity index (χ4v) is 1.43. The second kappa shape index (κ2) is 2.79. The molecule has 1 unspecified atom stereocenters. The molecule has 1 atom stereocenters. The highest BCUT2D eigenvalue weighted by Gasteiger charge is 2.12. The van der Waals surface area contributed by atoms with Crippen LogP contribution in [0.3, 0.4) is 0 Å². The maximum absolute atomic E-state index is 5.93. The first-order valence-corrected chi connectivity index (χ1v) is 4.02. The van der Waals surface area contributed by atoms with Gasteiger partial charge in [-0.15, -0.1) is 0 Å². The van der Waals surface area contributed by atoms with E-state index in [9.17, 15) is 0 Å². The zero-order valence-corrected chi connectivity index (χ0v) is 7.50. The van der Waals surface area contributed by atoms with Crippen LogP contribution in [0.1, 0.15) is 27.2 Å². The van der Waals surface area contributed by atoms with Gasteiger partial charge in [0.1, 0.15) is 0 Å². The Hall–Kier alpha value is -0.230. The molecule has 0 heterocycles. The van der Waals surface area contributed by atoms with Crippen molar-refractivity contribution in [1.82, 2.24) is 0 Å². The van der Waals surface area contributed by atoms with Crippen LogP contribution in [0.4, 0.5) is 0 Å². The van der Waals surface area contributed by atoms with Crippen molar-refractivity contribution in [2.24, 2.45) is 5.92 Å². The zero-order valence-electron chi connectivity index (χ0n) is 6.74. The molecule has 10 heavy (non-hydrogen) atoms. The van der Waals surface area contributed by atoms with Gasteiger partial charge >= 0.3 is 0 Å². The molecule has 1 rings (SSSR count). The van der Waals surface area contributed by atoms with E-state index in [0.717, 1.165) is 11.5 Å². The third kappa shape index (κ3) is 1.43. The molecule has 0 N–H and O–H groups in total. The summed E-state index contributed by atoms with van der Waals surface area (Å²) in [4.78, 5) is 0. The topological polar surface area (TPSA) is 0 Å². The average Bonchev–Trinajstić information content (AvgIpc) is 1.84. The van der Waals surface area contributed by atoms with Crippen LogP contribution in [-0.2, 0) is 0 Å². The van der Waals surface area contributed by atoms with Crippen LogP contribution in [0, 0.1) is 5.92 Å². The Bertz CT molecular complexity index is 199. The van der Waals surface area contributed by atoms with Crippen LogP contribution >= 0.6 is 11.6 Å². The summed E-state index contributed by atoms with van der Waals surface area (Å²) >= 11 is 5.93. The molecule has 0 spiro atoms. The second-order valence-electron chi connectivity index (χ2n) is 3.12. The number of hydrogen-bond acceptors (Lipinski definition) is 0. The van der Waals surface area contributed by atoms with Gasteiger partial charge in [-0.1, -0.05) is 29.7 Å². The molecule has 0 saturated carbocycles. The molecule has 0 bridgehead atoms. The Morgan fingerprint density at radius 2 is 2.10 bits per heavy atom. The maximum Gasteiger partial charge on any atom is 0.0394 e. The van der Waals surface area contributed by atoms with Crippen molar-refractivity contribution in [1.29, 1.82) is 0 Å². The van der Waals surface area contributed by atoms with Gasteiger partial charge in [0.25, 0.3) is 0 Å². The molecule has 0 radical (unpaired) electrons. The predicted molar refractivity (Wildman–Crippen MR) is 46.1 cm³/mol. The smallest absolute Gasteiger partial charge is 0.0394 e. The van der Waals surface area contributed by atoms with Gasteiger partial charge in [0.15, 0.2) is 0 Å². The van der Waals surface area contributed by atoms with Crippen LogP contribution in [0.25, 0.3) is 0 Å². The van der Waals surface area contributed by atoms with Crippen molar-refractivity contribution in [2.45, 2.75) is 27.2 Å². The molecular weight excluding hydrogens is 144 g/mol. The van der Waals surface area contributed by atoms with E-state index in [-0.39, 0.29) is 0 Å². The largest absolute Gasteiger partial charge is 0.0844 e.